The predicted molar refractivity (Wildman–Crippen MR) is 142 cm³/mol. The van der Waals surface area contributed by atoms with E-state index in [-0.39, 0.29) is 11.2 Å². The Morgan fingerprint density at radius 2 is 0.667 bits per heavy atom. The molecule has 0 fully saturated rings. The molecule has 0 amide bonds. The van der Waals surface area contributed by atoms with Crippen LogP contribution in [0.1, 0.15) is 121 Å². The molecule has 0 rings (SSSR count). The Morgan fingerprint density at radius 3 is 0.833 bits per heavy atom. The number of hydrogen-bond acceptors (Lipinski definition) is 2. The van der Waals surface area contributed by atoms with Crippen LogP contribution in [0.15, 0.2) is 0 Å². The zero-order valence-corrected chi connectivity index (χ0v) is 24.7. The summed E-state index contributed by atoms with van der Waals surface area (Å²) < 4.78 is 14.1. The summed E-state index contributed by atoms with van der Waals surface area (Å²) in [4.78, 5) is 0. The van der Waals surface area contributed by atoms with Gasteiger partial charge in [0.15, 0.2) is 16.6 Å². The standard InChI is InChI=1S/C26H58O2Si2/c1-11-15-19-29(20-16-12-2,27-25(5,6)7)23-24-30(21-17-13-3,22-18-14-4)28-26(8,9)10/h11-24H2,1-10H3. The Hall–Kier alpha value is 0.354. The van der Waals surface area contributed by atoms with Crippen molar-refractivity contribution in [1.29, 1.82) is 0 Å². The molecule has 30 heavy (non-hydrogen) atoms. The average molecular weight is 459 g/mol. The third-order valence-corrected chi connectivity index (χ3v) is 16.0. The molecule has 0 aliphatic rings. The quantitative estimate of drug-likeness (QED) is 0.202. The van der Waals surface area contributed by atoms with Crippen LogP contribution in [0.2, 0.25) is 36.3 Å². The van der Waals surface area contributed by atoms with Gasteiger partial charge in [-0.15, -0.1) is 0 Å². The van der Waals surface area contributed by atoms with Gasteiger partial charge in [-0.05, 0) is 77.8 Å². The van der Waals surface area contributed by atoms with E-state index in [0.717, 1.165) is 0 Å². The number of unbranched alkanes of at least 4 members (excludes halogenated alkanes) is 4. The maximum Gasteiger partial charge on any atom is 0.193 e. The van der Waals surface area contributed by atoms with E-state index in [4.69, 9.17) is 8.85 Å². The molecule has 0 bridgehead atoms. The lowest BCUT2D eigenvalue weighted by Crippen LogP contribution is -2.49. The molecule has 0 atom stereocenters. The van der Waals surface area contributed by atoms with E-state index in [1.807, 2.05) is 0 Å². The topological polar surface area (TPSA) is 18.5 Å². The minimum absolute atomic E-state index is 0.0321. The lowest BCUT2D eigenvalue weighted by atomic mass is 10.2. The van der Waals surface area contributed by atoms with Gasteiger partial charge in [0.2, 0.25) is 0 Å². The predicted octanol–water partition coefficient (Wildman–Crippen LogP) is 9.71. The summed E-state index contributed by atoms with van der Waals surface area (Å²) >= 11 is 0. The van der Waals surface area contributed by atoms with E-state index < -0.39 is 16.6 Å². The van der Waals surface area contributed by atoms with Crippen molar-refractivity contribution in [3.63, 3.8) is 0 Å². The highest BCUT2D eigenvalue weighted by atomic mass is 28.4. The van der Waals surface area contributed by atoms with Crippen LogP contribution in [-0.4, -0.2) is 27.8 Å². The van der Waals surface area contributed by atoms with Crippen molar-refractivity contribution in [2.24, 2.45) is 0 Å². The Kier molecular flexibility index (Phi) is 14.7. The van der Waals surface area contributed by atoms with Crippen LogP contribution < -0.4 is 0 Å². The minimum atomic E-state index is -1.78. The van der Waals surface area contributed by atoms with Gasteiger partial charge < -0.3 is 8.85 Å². The first-order valence-electron chi connectivity index (χ1n) is 13.3. The van der Waals surface area contributed by atoms with Crippen molar-refractivity contribution < 1.29 is 8.85 Å². The smallest absolute Gasteiger partial charge is 0.193 e. The van der Waals surface area contributed by atoms with Gasteiger partial charge in [-0.3, -0.25) is 0 Å². The molecule has 2 nitrogen and oxygen atoms in total. The first-order chi connectivity index (χ1) is 13.9. The third kappa shape index (κ3) is 13.7. The fourth-order valence-corrected chi connectivity index (χ4v) is 17.2. The highest BCUT2D eigenvalue weighted by molar-refractivity contribution is 6.79. The fourth-order valence-electron chi connectivity index (χ4n) is 4.81. The summed E-state index contributed by atoms with van der Waals surface area (Å²) in [5.41, 5.74) is -0.0642. The van der Waals surface area contributed by atoms with Crippen LogP contribution in [0, 0.1) is 0 Å². The van der Waals surface area contributed by atoms with Gasteiger partial charge in [-0.25, -0.2) is 0 Å². The van der Waals surface area contributed by atoms with Crippen LogP contribution in [0.5, 0.6) is 0 Å². The van der Waals surface area contributed by atoms with Gasteiger partial charge in [-0.1, -0.05) is 79.1 Å². The first kappa shape index (κ1) is 30.4. The largest absolute Gasteiger partial charge is 0.412 e. The van der Waals surface area contributed by atoms with Gasteiger partial charge in [0.25, 0.3) is 0 Å². The third-order valence-electron chi connectivity index (χ3n) is 6.03. The summed E-state index contributed by atoms with van der Waals surface area (Å²) in [6, 6.07) is 7.98. The molecule has 0 heterocycles. The molecular formula is C26H58O2Si2. The summed E-state index contributed by atoms with van der Waals surface area (Å²) in [6.45, 7) is 23.0. The summed E-state index contributed by atoms with van der Waals surface area (Å²) in [5, 5.41) is 0. The second-order valence-electron chi connectivity index (χ2n) is 11.7. The SMILES string of the molecule is CCCC[Si](CCCC)(CC[Si](CCCC)(CCCC)OC(C)(C)C)OC(C)(C)C. The molecule has 0 radical (unpaired) electrons. The molecule has 0 aliphatic carbocycles. The number of hydrogen-bond donors (Lipinski definition) is 0. The second-order valence-corrected chi connectivity index (χ2v) is 19.8. The highest BCUT2D eigenvalue weighted by Crippen LogP contribution is 2.39. The van der Waals surface area contributed by atoms with Crippen LogP contribution in [-0.2, 0) is 8.85 Å². The minimum Gasteiger partial charge on any atom is -0.412 e. The lowest BCUT2D eigenvalue weighted by Gasteiger charge is -2.43. The van der Waals surface area contributed by atoms with Crippen molar-refractivity contribution in [1.82, 2.24) is 0 Å². The molecule has 0 spiro atoms. The lowest BCUT2D eigenvalue weighted by molar-refractivity contribution is 0.109. The number of rotatable bonds is 17. The molecular weight excluding hydrogens is 400 g/mol. The summed E-state index contributed by atoms with van der Waals surface area (Å²) in [6.07, 6.45) is 10.4. The van der Waals surface area contributed by atoms with Gasteiger partial charge in [0.05, 0.1) is 0 Å². The Labute approximate surface area is 193 Å². The van der Waals surface area contributed by atoms with E-state index >= 15 is 0 Å². The second kappa shape index (κ2) is 14.5. The molecule has 0 saturated carbocycles. The average Bonchev–Trinajstić information content (AvgIpc) is 2.63. The molecule has 0 aromatic heterocycles. The molecule has 4 heteroatoms. The van der Waals surface area contributed by atoms with Crippen molar-refractivity contribution >= 4 is 16.6 Å². The zero-order chi connectivity index (χ0) is 23.3. The van der Waals surface area contributed by atoms with Crippen LogP contribution in [0.3, 0.4) is 0 Å². The van der Waals surface area contributed by atoms with Crippen LogP contribution in [0.25, 0.3) is 0 Å². The van der Waals surface area contributed by atoms with Gasteiger partial charge in [-0.2, -0.15) is 0 Å². The van der Waals surface area contributed by atoms with Crippen molar-refractivity contribution in [2.45, 2.75) is 168 Å². The summed E-state index contributed by atoms with van der Waals surface area (Å²) in [5.74, 6) is 0. The van der Waals surface area contributed by atoms with E-state index in [1.165, 1.54) is 87.6 Å². The first-order valence-corrected chi connectivity index (χ1v) is 18.3. The van der Waals surface area contributed by atoms with E-state index in [0.29, 0.717) is 0 Å². The normalized spacial score (nSPS) is 13.8. The molecule has 0 saturated heterocycles. The van der Waals surface area contributed by atoms with Gasteiger partial charge >= 0.3 is 0 Å². The van der Waals surface area contributed by atoms with Crippen molar-refractivity contribution in [2.75, 3.05) is 0 Å². The molecule has 0 aliphatic heterocycles. The molecule has 0 aromatic rings. The van der Waals surface area contributed by atoms with Crippen LogP contribution in [0.4, 0.5) is 0 Å². The van der Waals surface area contributed by atoms with E-state index in [1.54, 1.807) is 0 Å². The Bertz CT molecular complexity index is 368. The Morgan fingerprint density at radius 1 is 0.433 bits per heavy atom. The molecule has 0 unspecified atom stereocenters. The maximum absolute atomic E-state index is 7.07. The zero-order valence-electron chi connectivity index (χ0n) is 22.7. The summed E-state index contributed by atoms with van der Waals surface area (Å²) in [7, 11) is -3.56. The fraction of sp³-hybridized carbons (Fsp3) is 1.00. The monoisotopic (exact) mass is 458 g/mol. The molecule has 182 valence electrons. The van der Waals surface area contributed by atoms with Crippen molar-refractivity contribution in [3.05, 3.63) is 0 Å². The molecule has 0 N–H and O–H groups in total. The highest BCUT2D eigenvalue weighted by Gasteiger charge is 2.43. The van der Waals surface area contributed by atoms with Crippen LogP contribution >= 0.6 is 0 Å². The maximum atomic E-state index is 7.07. The van der Waals surface area contributed by atoms with Gasteiger partial charge in [0.1, 0.15) is 0 Å². The van der Waals surface area contributed by atoms with E-state index in [2.05, 4.69) is 69.2 Å². The van der Waals surface area contributed by atoms with E-state index in [9.17, 15) is 0 Å². The van der Waals surface area contributed by atoms with Gasteiger partial charge in [0, 0.05) is 11.2 Å². The Balaban J connectivity index is 5.84. The van der Waals surface area contributed by atoms with Crippen molar-refractivity contribution in [3.8, 4) is 0 Å². The molecule has 0 aromatic carbocycles.